The molecule has 0 amide bonds. The normalized spacial score (nSPS) is 22.8. The van der Waals surface area contributed by atoms with Crippen LogP contribution in [0.25, 0.3) is 10.9 Å². The fourth-order valence-corrected chi connectivity index (χ4v) is 8.80. The maximum Gasteiger partial charge on any atom is 0.0219 e. The maximum atomic E-state index is 3.77. The van der Waals surface area contributed by atoms with Gasteiger partial charge in [-0.15, -0.1) is 0 Å². The zero-order valence-corrected chi connectivity index (χ0v) is 18.6. The van der Waals surface area contributed by atoms with E-state index in [1.54, 1.807) is 21.8 Å². The Hall–Kier alpha value is -2.47. The van der Waals surface area contributed by atoms with Gasteiger partial charge in [-0.2, -0.15) is 0 Å². The molecule has 0 aromatic heterocycles. The van der Waals surface area contributed by atoms with Crippen molar-refractivity contribution in [2.24, 2.45) is 5.41 Å². The first-order valence-electron chi connectivity index (χ1n) is 10.8. The van der Waals surface area contributed by atoms with E-state index in [1.807, 2.05) is 0 Å². The number of nitrogens with one attached hydrogen (secondary N) is 1. The summed E-state index contributed by atoms with van der Waals surface area (Å²) in [6.07, 6.45) is 1.25. The second kappa shape index (κ2) is 7.99. The molecule has 2 atom stereocenters. The van der Waals surface area contributed by atoms with Crippen LogP contribution in [-0.4, -0.2) is 12.7 Å². The van der Waals surface area contributed by atoms with E-state index in [9.17, 15) is 0 Å². The van der Waals surface area contributed by atoms with Crippen molar-refractivity contribution >= 4 is 18.8 Å². The van der Waals surface area contributed by atoms with Crippen LogP contribution in [-0.2, 0) is 6.54 Å². The molecule has 2 aliphatic rings. The van der Waals surface area contributed by atoms with Crippen LogP contribution in [0.1, 0.15) is 30.5 Å². The van der Waals surface area contributed by atoms with Gasteiger partial charge in [-0.25, -0.2) is 0 Å². The monoisotopic (exact) mass is 409 g/mol. The van der Waals surface area contributed by atoms with Gasteiger partial charge in [-0.3, -0.25) is 0 Å². The molecule has 2 unspecified atom stereocenters. The molecule has 30 heavy (non-hydrogen) atoms. The van der Waals surface area contributed by atoms with Crippen LogP contribution in [0.3, 0.4) is 0 Å². The van der Waals surface area contributed by atoms with E-state index in [-0.39, 0.29) is 13.3 Å². The van der Waals surface area contributed by atoms with E-state index < -0.39 is 0 Å². The fraction of sp³-hybridized carbons (Fsp3) is 0.214. The van der Waals surface area contributed by atoms with Gasteiger partial charge < -0.3 is 5.32 Å². The van der Waals surface area contributed by atoms with Crippen LogP contribution in [0.2, 0.25) is 0 Å². The van der Waals surface area contributed by atoms with Gasteiger partial charge in [-0.05, 0) is 53.9 Å². The molecule has 5 rings (SSSR count). The van der Waals surface area contributed by atoms with Crippen LogP contribution in [0.15, 0.2) is 102 Å². The molecule has 150 valence electrons. The smallest absolute Gasteiger partial charge is 0.0219 e. The molecule has 0 saturated heterocycles. The molecule has 1 N–H and O–H groups in total. The lowest BCUT2D eigenvalue weighted by Gasteiger charge is -2.31. The number of rotatable bonds is 6. The van der Waals surface area contributed by atoms with Crippen LogP contribution in [0.5, 0.6) is 0 Å². The van der Waals surface area contributed by atoms with E-state index in [4.69, 9.17) is 0 Å². The van der Waals surface area contributed by atoms with Gasteiger partial charge in [0.05, 0.1) is 0 Å². The topological polar surface area (TPSA) is 12.0 Å². The van der Waals surface area contributed by atoms with Gasteiger partial charge in [0.15, 0.2) is 0 Å². The Morgan fingerprint density at radius 3 is 1.97 bits per heavy atom. The SMILES string of the molecule is CC1=C(c2ccccc2)P2CC1(C)C(c1ccccc1)=C2CNCc1ccccc1. The third-order valence-electron chi connectivity index (χ3n) is 6.67. The number of hydrogen-bond donors (Lipinski definition) is 1. The van der Waals surface area contributed by atoms with Crippen LogP contribution in [0.4, 0.5) is 0 Å². The first-order chi connectivity index (χ1) is 14.7. The standard InChI is InChI=1S/C28H28NP/c1-21-27(24-16-10-5-11-17-24)30-20-28(21,2)26(23-14-8-4-9-15-23)25(30)19-29-18-22-12-6-3-7-13-22/h3-17,29H,18-20H2,1-2H3. The van der Waals surface area contributed by atoms with Crippen LogP contribution in [0, 0.1) is 5.41 Å². The van der Waals surface area contributed by atoms with Gasteiger partial charge in [0.1, 0.15) is 0 Å². The average Bonchev–Trinajstić information content (AvgIpc) is 3.23. The molecule has 0 radical (unpaired) electrons. The van der Waals surface area contributed by atoms with Gasteiger partial charge in [-0.1, -0.05) is 103 Å². The summed E-state index contributed by atoms with van der Waals surface area (Å²) in [5.74, 6) is 0. The zero-order chi connectivity index (χ0) is 20.6. The molecule has 2 aliphatic heterocycles. The van der Waals surface area contributed by atoms with E-state index >= 15 is 0 Å². The zero-order valence-electron chi connectivity index (χ0n) is 17.7. The summed E-state index contributed by atoms with van der Waals surface area (Å²) in [5, 5.41) is 7.02. The van der Waals surface area contributed by atoms with E-state index in [1.165, 1.54) is 22.9 Å². The highest BCUT2D eigenvalue weighted by atomic mass is 31.1. The number of allylic oxidation sites excluding steroid dienone is 2. The number of hydrogen-bond acceptors (Lipinski definition) is 1. The van der Waals surface area contributed by atoms with Crippen molar-refractivity contribution in [3.8, 4) is 0 Å². The van der Waals surface area contributed by atoms with Gasteiger partial charge >= 0.3 is 0 Å². The minimum absolute atomic E-state index is 0.141. The summed E-state index contributed by atoms with van der Waals surface area (Å²) >= 11 is 0. The highest BCUT2D eigenvalue weighted by Gasteiger charge is 2.51. The quantitative estimate of drug-likeness (QED) is 0.427. The van der Waals surface area contributed by atoms with Gasteiger partial charge in [0, 0.05) is 18.5 Å². The molecule has 0 fully saturated rings. The Bertz CT molecular complexity index is 1100. The molecule has 2 bridgehead atoms. The Balaban J connectivity index is 1.53. The molecule has 2 heteroatoms. The maximum absolute atomic E-state index is 3.77. The predicted molar refractivity (Wildman–Crippen MR) is 130 cm³/mol. The van der Waals surface area contributed by atoms with Crippen LogP contribution < -0.4 is 5.32 Å². The highest BCUT2D eigenvalue weighted by molar-refractivity contribution is 7.73. The molecule has 0 aliphatic carbocycles. The Kier molecular flexibility index (Phi) is 5.19. The highest BCUT2D eigenvalue weighted by Crippen LogP contribution is 2.77. The Morgan fingerprint density at radius 2 is 1.33 bits per heavy atom. The van der Waals surface area contributed by atoms with Crippen molar-refractivity contribution in [2.75, 3.05) is 12.7 Å². The Morgan fingerprint density at radius 1 is 0.767 bits per heavy atom. The average molecular weight is 410 g/mol. The summed E-state index contributed by atoms with van der Waals surface area (Å²) in [4.78, 5) is 0. The van der Waals surface area contributed by atoms with E-state index in [0.29, 0.717) is 0 Å². The summed E-state index contributed by atoms with van der Waals surface area (Å²) in [5.41, 5.74) is 7.45. The van der Waals surface area contributed by atoms with Crippen molar-refractivity contribution in [1.82, 2.24) is 5.32 Å². The largest absolute Gasteiger partial charge is 0.309 e. The summed E-state index contributed by atoms with van der Waals surface area (Å²) in [6, 6.07) is 32.9. The fourth-order valence-electron chi connectivity index (χ4n) is 5.09. The summed E-state index contributed by atoms with van der Waals surface area (Å²) in [7, 11) is -0.307. The molecule has 2 heterocycles. The predicted octanol–water partition coefficient (Wildman–Crippen LogP) is 7.13. The second-order valence-corrected chi connectivity index (χ2v) is 10.7. The minimum atomic E-state index is -0.307. The lowest BCUT2D eigenvalue weighted by Crippen LogP contribution is -2.21. The van der Waals surface area contributed by atoms with Crippen molar-refractivity contribution in [3.63, 3.8) is 0 Å². The summed E-state index contributed by atoms with van der Waals surface area (Å²) < 4.78 is 0. The van der Waals surface area contributed by atoms with Crippen molar-refractivity contribution in [2.45, 2.75) is 20.4 Å². The first-order valence-corrected chi connectivity index (χ1v) is 12.3. The molecule has 1 nitrogen and oxygen atoms in total. The first kappa shape index (κ1) is 19.5. The molecule has 3 aromatic rings. The molecule has 0 saturated carbocycles. The minimum Gasteiger partial charge on any atom is -0.309 e. The second-order valence-electron chi connectivity index (χ2n) is 8.53. The Labute approximate surface area is 181 Å². The lowest BCUT2D eigenvalue weighted by molar-refractivity contribution is 0.628. The van der Waals surface area contributed by atoms with E-state index in [0.717, 1.165) is 13.1 Å². The van der Waals surface area contributed by atoms with Gasteiger partial charge in [0.2, 0.25) is 0 Å². The molecule has 0 spiro atoms. The third kappa shape index (κ3) is 3.27. The van der Waals surface area contributed by atoms with Gasteiger partial charge in [0.25, 0.3) is 0 Å². The number of benzene rings is 3. The van der Waals surface area contributed by atoms with Crippen molar-refractivity contribution in [1.29, 1.82) is 0 Å². The van der Waals surface area contributed by atoms with Crippen molar-refractivity contribution in [3.05, 3.63) is 119 Å². The third-order valence-corrected chi connectivity index (χ3v) is 9.78. The van der Waals surface area contributed by atoms with Crippen LogP contribution >= 0.6 is 7.92 Å². The van der Waals surface area contributed by atoms with Crippen molar-refractivity contribution < 1.29 is 0 Å². The molecular formula is C28H28NP. The molecule has 3 aromatic carbocycles. The summed E-state index contributed by atoms with van der Waals surface area (Å²) in [6.45, 7) is 6.72. The lowest BCUT2D eigenvalue weighted by atomic mass is 9.74. The van der Waals surface area contributed by atoms with E-state index in [2.05, 4.69) is 110 Å². The number of fused-ring (bicyclic) bond motifs is 2. The molecular weight excluding hydrogens is 381 g/mol.